The minimum Gasteiger partial charge on any atom is -0.457 e. The molecule has 3 aromatic rings. The Kier molecular flexibility index (Phi) is 4.32. The molecule has 0 aliphatic heterocycles. The fourth-order valence-corrected chi connectivity index (χ4v) is 2.45. The first-order chi connectivity index (χ1) is 11.0. The van der Waals surface area contributed by atoms with E-state index in [2.05, 4.69) is 10.2 Å². The number of rotatable bonds is 4. The zero-order valence-electron chi connectivity index (χ0n) is 12.9. The molecule has 0 radical (unpaired) electrons. The van der Waals surface area contributed by atoms with E-state index in [4.69, 9.17) is 22.1 Å². The third kappa shape index (κ3) is 3.36. The van der Waals surface area contributed by atoms with Crippen LogP contribution in [0.15, 0.2) is 48.5 Å². The Morgan fingerprint density at radius 1 is 1.09 bits per heavy atom. The predicted molar refractivity (Wildman–Crippen MR) is 90.6 cm³/mol. The van der Waals surface area contributed by atoms with E-state index in [1.807, 2.05) is 54.9 Å². The Bertz CT molecular complexity index is 812. The Hall–Kier alpha value is -2.37. The first-order valence-electron chi connectivity index (χ1n) is 7.23. The van der Waals surface area contributed by atoms with Gasteiger partial charge in [0.15, 0.2) is 5.82 Å². The molecule has 0 spiro atoms. The van der Waals surface area contributed by atoms with Crippen LogP contribution in [0.1, 0.15) is 18.8 Å². The van der Waals surface area contributed by atoms with Gasteiger partial charge >= 0.3 is 0 Å². The molecule has 2 aromatic carbocycles. The number of ether oxygens (including phenoxy) is 1. The number of hydrogen-bond acceptors (Lipinski definition) is 4. The van der Waals surface area contributed by atoms with Crippen molar-refractivity contribution in [2.45, 2.75) is 13.0 Å². The molecule has 1 atom stereocenters. The van der Waals surface area contributed by atoms with Crippen molar-refractivity contribution in [3.63, 3.8) is 0 Å². The number of aromatic nitrogens is 3. The molecule has 23 heavy (non-hydrogen) atoms. The molecule has 6 heteroatoms. The Balaban J connectivity index is 1.89. The molecule has 0 fully saturated rings. The van der Waals surface area contributed by atoms with E-state index in [1.54, 1.807) is 12.1 Å². The first-order valence-corrected chi connectivity index (χ1v) is 7.61. The summed E-state index contributed by atoms with van der Waals surface area (Å²) in [5.74, 6) is 2.93. The van der Waals surface area contributed by atoms with Crippen LogP contribution in [0.3, 0.4) is 0 Å². The maximum Gasteiger partial charge on any atom is 0.163 e. The lowest BCUT2D eigenvalue weighted by atomic mass is 10.2. The van der Waals surface area contributed by atoms with E-state index in [1.165, 1.54) is 0 Å². The highest BCUT2D eigenvalue weighted by atomic mass is 35.5. The monoisotopic (exact) mass is 328 g/mol. The smallest absolute Gasteiger partial charge is 0.163 e. The zero-order valence-corrected chi connectivity index (χ0v) is 13.7. The lowest BCUT2D eigenvalue weighted by Crippen LogP contribution is -2.11. The molecule has 0 saturated carbocycles. The number of nitrogens with zero attached hydrogens (tertiary/aromatic N) is 3. The minimum atomic E-state index is -0.172. The van der Waals surface area contributed by atoms with Crippen LogP contribution >= 0.6 is 11.6 Å². The summed E-state index contributed by atoms with van der Waals surface area (Å²) in [4.78, 5) is 0. The summed E-state index contributed by atoms with van der Waals surface area (Å²) in [5.41, 5.74) is 6.81. The Labute approximate surface area is 139 Å². The van der Waals surface area contributed by atoms with E-state index < -0.39 is 0 Å². The standard InChI is InChI=1S/C17H17ClN4O/c1-11(19)16-20-21-17(22(16)2)12-4-3-5-15(10-12)23-14-8-6-13(18)7-9-14/h3-11H,19H2,1-2H3/t11-/m1/s1. The van der Waals surface area contributed by atoms with Crippen LogP contribution in [0.5, 0.6) is 11.5 Å². The van der Waals surface area contributed by atoms with E-state index in [0.717, 1.165) is 28.7 Å². The summed E-state index contributed by atoms with van der Waals surface area (Å²) in [6, 6.07) is 14.7. The van der Waals surface area contributed by atoms with Crippen LogP contribution in [-0.4, -0.2) is 14.8 Å². The normalized spacial score (nSPS) is 12.2. The molecule has 0 bridgehead atoms. The van der Waals surface area contributed by atoms with E-state index in [0.29, 0.717) is 5.02 Å². The Morgan fingerprint density at radius 3 is 2.48 bits per heavy atom. The van der Waals surface area contributed by atoms with Crippen molar-refractivity contribution in [1.29, 1.82) is 0 Å². The first kappa shape index (κ1) is 15.5. The fraction of sp³-hybridized carbons (Fsp3) is 0.176. The van der Waals surface area contributed by atoms with Gasteiger partial charge in [-0.05, 0) is 43.3 Å². The van der Waals surface area contributed by atoms with Crippen LogP contribution in [-0.2, 0) is 7.05 Å². The van der Waals surface area contributed by atoms with Crippen molar-refractivity contribution in [2.24, 2.45) is 12.8 Å². The van der Waals surface area contributed by atoms with Crippen molar-refractivity contribution in [3.05, 3.63) is 59.4 Å². The Morgan fingerprint density at radius 2 is 1.83 bits per heavy atom. The summed E-state index contributed by atoms with van der Waals surface area (Å²) < 4.78 is 7.74. The van der Waals surface area contributed by atoms with Gasteiger partial charge in [-0.1, -0.05) is 23.7 Å². The van der Waals surface area contributed by atoms with Crippen LogP contribution in [0.2, 0.25) is 5.02 Å². The van der Waals surface area contributed by atoms with Gasteiger partial charge in [-0.3, -0.25) is 0 Å². The van der Waals surface area contributed by atoms with E-state index >= 15 is 0 Å². The maximum absolute atomic E-state index is 5.89. The van der Waals surface area contributed by atoms with E-state index in [9.17, 15) is 0 Å². The average Bonchev–Trinajstić information content (AvgIpc) is 2.92. The topological polar surface area (TPSA) is 66.0 Å². The third-order valence-electron chi connectivity index (χ3n) is 3.46. The third-order valence-corrected chi connectivity index (χ3v) is 3.71. The fourth-order valence-electron chi connectivity index (χ4n) is 2.33. The lowest BCUT2D eigenvalue weighted by Gasteiger charge is -2.09. The van der Waals surface area contributed by atoms with Crippen molar-refractivity contribution in [1.82, 2.24) is 14.8 Å². The molecule has 2 N–H and O–H groups in total. The number of hydrogen-bond donors (Lipinski definition) is 1. The molecule has 1 heterocycles. The van der Waals surface area contributed by atoms with E-state index in [-0.39, 0.29) is 6.04 Å². The second kappa shape index (κ2) is 6.40. The second-order valence-electron chi connectivity index (χ2n) is 5.31. The van der Waals surface area contributed by atoms with Gasteiger partial charge in [-0.25, -0.2) is 0 Å². The molecular weight excluding hydrogens is 312 g/mol. The molecule has 118 valence electrons. The van der Waals surface area contributed by atoms with Gasteiger partial charge < -0.3 is 15.0 Å². The van der Waals surface area contributed by atoms with Crippen LogP contribution in [0.25, 0.3) is 11.4 Å². The largest absolute Gasteiger partial charge is 0.457 e. The molecular formula is C17H17ClN4O. The minimum absolute atomic E-state index is 0.172. The van der Waals surface area contributed by atoms with Crippen molar-refractivity contribution < 1.29 is 4.74 Å². The zero-order chi connectivity index (χ0) is 16.4. The highest BCUT2D eigenvalue weighted by Crippen LogP contribution is 2.27. The summed E-state index contributed by atoms with van der Waals surface area (Å²) in [5, 5.41) is 9.05. The van der Waals surface area contributed by atoms with Crippen molar-refractivity contribution >= 4 is 11.6 Å². The SMILES string of the molecule is C[C@@H](N)c1nnc(-c2cccc(Oc3ccc(Cl)cc3)c2)n1C. The summed E-state index contributed by atoms with van der Waals surface area (Å²) in [6.07, 6.45) is 0. The molecule has 5 nitrogen and oxygen atoms in total. The van der Waals surface area contributed by atoms with Crippen molar-refractivity contribution in [2.75, 3.05) is 0 Å². The predicted octanol–water partition coefficient (Wildman–Crippen LogP) is 3.95. The quantitative estimate of drug-likeness (QED) is 0.787. The van der Waals surface area contributed by atoms with Gasteiger partial charge in [-0.15, -0.1) is 10.2 Å². The number of halogens is 1. The summed E-state index contributed by atoms with van der Waals surface area (Å²) in [7, 11) is 1.90. The summed E-state index contributed by atoms with van der Waals surface area (Å²) >= 11 is 5.88. The van der Waals surface area contributed by atoms with Gasteiger partial charge in [-0.2, -0.15) is 0 Å². The van der Waals surface area contributed by atoms with Gasteiger partial charge in [0.05, 0.1) is 6.04 Å². The maximum atomic E-state index is 5.89. The van der Waals surface area contributed by atoms with Crippen LogP contribution < -0.4 is 10.5 Å². The summed E-state index contributed by atoms with van der Waals surface area (Å²) in [6.45, 7) is 1.88. The van der Waals surface area contributed by atoms with Gasteiger partial charge in [0.1, 0.15) is 17.3 Å². The molecule has 3 rings (SSSR count). The molecule has 0 aliphatic rings. The molecule has 1 aromatic heterocycles. The van der Waals surface area contributed by atoms with Gasteiger partial charge in [0.2, 0.25) is 0 Å². The highest BCUT2D eigenvalue weighted by Gasteiger charge is 2.14. The molecule has 0 aliphatic carbocycles. The van der Waals surface area contributed by atoms with Crippen LogP contribution in [0, 0.1) is 0 Å². The van der Waals surface area contributed by atoms with Gasteiger partial charge in [0.25, 0.3) is 0 Å². The number of nitrogens with two attached hydrogens (primary N) is 1. The van der Waals surface area contributed by atoms with Gasteiger partial charge in [0, 0.05) is 17.6 Å². The highest BCUT2D eigenvalue weighted by molar-refractivity contribution is 6.30. The average molecular weight is 329 g/mol. The molecule has 0 unspecified atom stereocenters. The van der Waals surface area contributed by atoms with Crippen molar-refractivity contribution in [3.8, 4) is 22.9 Å². The lowest BCUT2D eigenvalue weighted by molar-refractivity contribution is 0.483. The molecule has 0 saturated heterocycles. The van der Waals surface area contributed by atoms with Crippen LogP contribution in [0.4, 0.5) is 0 Å². The second-order valence-corrected chi connectivity index (χ2v) is 5.75. The number of benzene rings is 2. The molecule has 0 amide bonds.